The lowest BCUT2D eigenvalue weighted by molar-refractivity contribution is 0.0949. The van der Waals surface area contributed by atoms with E-state index < -0.39 is 5.91 Å². The molecule has 0 bridgehead atoms. The second-order valence-corrected chi connectivity index (χ2v) is 3.60. The van der Waals surface area contributed by atoms with E-state index in [1.807, 2.05) is 0 Å². The molecule has 0 saturated heterocycles. The maximum Gasteiger partial charge on any atom is 0.291 e. The highest BCUT2D eigenvalue weighted by molar-refractivity contribution is 5.92. The number of benzene rings is 1. The molecule has 19 heavy (non-hydrogen) atoms. The highest BCUT2D eigenvalue weighted by Gasteiger charge is 2.04. The van der Waals surface area contributed by atoms with Gasteiger partial charge in [0.05, 0.1) is 6.21 Å². The molecule has 1 heterocycles. The van der Waals surface area contributed by atoms with Crippen molar-refractivity contribution in [3.05, 3.63) is 58.0 Å². The van der Waals surface area contributed by atoms with E-state index in [2.05, 4.69) is 20.7 Å². The Labute approximate surface area is 107 Å². The van der Waals surface area contributed by atoms with Crippen LogP contribution in [-0.4, -0.2) is 27.4 Å². The molecule has 0 spiro atoms. The number of carbonyl (C=O) groups excluding carboxylic acids is 1. The Hall–Kier alpha value is -2.96. The van der Waals surface area contributed by atoms with Crippen LogP contribution in [0.3, 0.4) is 0 Å². The molecular formula is C12H10N4O3. The first kappa shape index (κ1) is 12.5. The second-order valence-electron chi connectivity index (χ2n) is 3.60. The minimum Gasteiger partial charge on any atom is -0.508 e. The number of phenolic OH excluding ortho intramolecular Hbond substituents is 1. The summed E-state index contributed by atoms with van der Waals surface area (Å²) in [6.07, 6.45) is 1.42. The van der Waals surface area contributed by atoms with Gasteiger partial charge in [0.2, 0.25) is 0 Å². The Morgan fingerprint density at radius 1 is 1.26 bits per heavy atom. The summed E-state index contributed by atoms with van der Waals surface area (Å²) in [5.74, 6) is -0.384. The predicted molar refractivity (Wildman–Crippen MR) is 68.0 cm³/mol. The van der Waals surface area contributed by atoms with Crippen LogP contribution in [0.1, 0.15) is 16.1 Å². The highest BCUT2D eigenvalue weighted by atomic mass is 16.3. The van der Waals surface area contributed by atoms with Crippen LogP contribution in [0.4, 0.5) is 0 Å². The molecule has 1 aromatic carbocycles. The van der Waals surface area contributed by atoms with Gasteiger partial charge >= 0.3 is 0 Å². The molecule has 0 aliphatic heterocycles. The van der Waals surface area contributed by atoms with Crippen LogP contribution in [-0.2, 0) is 0 Å². The Bertz CT molecular complexity index is 641. The minimum absolute atomic E-state index is 0.0578. The van der Waals surface area contributed by atoms with E-state index in [0.29, 0.717) is 5.56 Å². The van der Waals surface area contributed by atoms with Crippen LogP contribution >= 0.6 is 0 Å². The lowest BCUT2D eigenvalue weighted by Gasteiger charge is -1.97. The van der Waals surface area contributed by atoms with E-state index in [1.54, 1.807) is 12.1 Å². The smallest absolute Gasteiger partial charge is 0.291 e. The number of rotatable bonds is 3. The number of amides is 1. The molecule has 7 nitrogen and oxygen atoms in total. The van der Waals surface area contributed by atoms with Gasteiger partial charge in [0, 0.05) is 6.07 Å². The summed E-state index contributed by atoms with van der Waals surface area (Å²) in [6.45, 7) is 0. The van der Waals surface area contributed by atoms with Gasteiger partial charge in [-0.1, -0.05) is 0 Å². The third kappa shape index (κ3) is 3.50. The fourth-order valence-corrected chi connectivity index (χ4v) is 1.25. The summed E-state index contributed by atoms with van der Waals surface area (Å²) in [7, 11) is 0. The van der Waals surface area contributed by atoms with E-state index in [1.165, 1.54) is 30.5 Å². The summed E-state index contributed by atoms with van der Waals surface area (Å²) in [6, 6.07) is 8.79. The predicted octanol–water partition coefficient (Wildman–Crippen LogP) is 0.239. The van der Waals surface area contributed by atoms with Gasteiger partial charge in [0.25, 0.3) is 11.5 Å². The van der Waals surface area contributed by atoms with Gasteiger partial charge in [-0.2, -0.15) is 10.2 Å². The molecule has 0 aliphatic rings. The van der Waals surface area contributed by atoms with E-state index in [9.17, 15) is 9.59 Å². The van der Waals surface area contributed by atoms with E-state index in [4.69, 9.17) is 5.11 Å². The van der Waals surface area contributed by atoms with Crippen molar-refractivity contribution in [1.82, 2.24) is 15.6 Å². The van der Waals surface area contributed by atoms with E-state index >= 15 is 0 Å². The number of hydrogen-bond donors (Lipinski definition) is 3. The van der Waals surface area contributed by atoms with Gasteiger partial charge in [0.15, 0.2) is 5.69 Å². The van der Waals surface area contributed by atoms with E-state index in [0.717, 1.165) is 0 Å². The first-order valence-electron chi connectivity index (χ1n) is 5.33. The van der Waals surface area contributed by atoms with Gasteiger partial charge in [0.1, 0.15) is 5.75 Å². The molecule has 0 saturated carbocycles. The first-order chi connectivity index (χ1) is 9.15. The number of H-pyrrole nitrogens is 1. The van der Waals surface area contributed by atoms with Crippen molar-refractivity contribution in [3.63, 3.8) is 0 Å². The molecule has 1 amide bonds. The molecule has 0 fully saturated rings. The quantitative estimate of drug-likeness (QED) is 0.541. The average Bonchev–Trinajstić information content (AvgIpc) is 2.41. The van der Waals surface area contributed by atoms with Crippen molar-refractivity contribution in [1.29, 1.82) is 0 Å². The van der Waals surface area contributed by atoms with Crippen LogP contribution in [0.2, 0.25) is 0 Å². The fourth-order valence-electron chi connectivity index (χ4n) is 1.25. The zero-order valence-corrected chi connectivity index (χ0v) is 9.70. The summed E-state index contributed by atoms with van der Waals surface area (Å²) >= 11 is 0. The standard InChI is InChI=1S/C12H10N4O3/c17-9-3-1-8(2-4-9)7-13-16-12(19)10-5-6-11(18)15-14-10/h1-7,17H,(H,15,18)(H,16,19). The van der Waals surface area contributed by atoms with Crippen molar-refractivity contribution >= 4 is 12.1 Å². The minimum atomic E-state index is -0.536. The summed E-state index contributed by atoms with van der Waals surface area (Å²) in [4.78, 5) is 22.3. The molecule has 0 aliphatic carbocycles. The number of aromatic hydroxyl groups is 1. The Kier molecular flexibility index (Phi) is 3.67. The topological polar surface area (TPSA) is 107 Å². The molecule has 3 N–H and O–H groups in total. The molecule has 96 valence electrons. The van der Waals surface area contributed by atoms with Crippen LogP contribution in [0.5, 0.6) is 5.75 Å². The van der Waals surface area contributed by atoms with Crippen LogP contribution < -0.4 is 11.0 Å². The van der Waals surface area contributed by atoms with Crippen LogP contribution in [0, 0.1) is 0 Å². The van der Waals surface area contributed by atoms with Gasteiger partial charge in [-0.3, -0.25) is 9.59 Å². The van der Waals surface area contributed by atoms with E-state index in [-0.39, 0.29) is 17.0 Å². The molecule has 0 atom stereocenters. The van der Waals surface area contributed by atoms with Gasteiger partial charge in [-0.15, -0.1) is 0 Å². The fraction of sp³-hybridized carbons (Fsp3) is 0. The molecule has 0 radical (unpaired) electrons. The second kappa shape index (κ2) is 5.58. The van der Waals surface area contributed by atoms with Crippen molar-refractivity contribution in [2.24, 2.45) is 5.10 Å². The Morgan fingerprint density at radius 2 is 2.00 bits per heavy atom. The third-order valence-corrected chi connectivity index (χ3v) is 2.18. The molecule has 0 unspecified atom stereocenters. The number of aromatic nitrogens is 2. The molecule has 2 rings (SSSR count). The van der Waals surface area contributed by atoms with Crippen molar-refractivity contribution in [2.75, 3.05) is 0 Å². The lowest BCUT2D eigenvalue weighted by atomic mass is 10.2. The maximum absolute atomic E-state index is 11.6. The number of phenols is 1. The largest absolute Gasteiger partial charge is 0.508 e. The van der Waals surface area contributed by atoms with Gasteiger partial charge < -0.3 is 5.11 Å². The molecule has 2 aromatic rings. The van der Waals surface area contributed by atoms with Gasteiger partial charge in [-0.05, 0) is 35.9 Å². The summed E-state index contributed by atoms with van der Waals surface area (Å²) in [5.41, 5.74) is 2.65. The van der Waals surface area contributed by atoms with Crippen LogP contribution in [0.25, 0.3) is 0 Å². The summed E-state index contributed by atoms with van der Waals surface area (Å²) in [5, 5.41) is 18.5. The van der Waals surface area contributed by atoms with Crippen molar-refractivity contribution < 1.29 is 9.90 Å². The number of carbonyl (C=O) groups is 1. The molecule has 7 heteroatoms. The number of hydrogen-bond acceptors (Lipinski definition) is 5. The van der Waals surface area contributed by atoms with Crippen molar-refractivity contribution in [3.8, 4) is 5.75 Å². The van der Waals surface area contributed by atoms with Crippen molar-refractivity contribution in [2.45, 2.75) is 0 Å². The Morgan fingerprint density at radius 3 is 2.63 bits per heavy atom. The normalized spacial score (nSPS) is 10.5. The number of hydrazone groups is 1. The average molecular weight is 258 g/mol. The number of nitrogens with zero attached hydrogens (tertiary/aromatic N) is 2. The molecular weight excluding hydrogens is 248 g/mol. The van der Waals surface area contributed by atoms with Crippen LogP contribution in [0.15, 0.2) is 46.3 Å². The maximum atomic E-state index is 11.6. The first-order valence-corrected chi connectivity index (χ1v) is 5.33. The highest BCUT2D eigenvalue weighted by Crippen LogP contribution is 2.07. The number of nitrogens with one attached hydrogen (secondary N) is 2. The molecule has 1 aromatic heterocycles. The Balaban J connectivity index is 1.98. The monoisotopic (exact) mass is 258 g/mol. The zero-order valence-electron chi connectivity index (χ0n) is 9.70. The zero-order chi connectivity index (χ0) is 13.7. The SMILES string of the molecule is O=C(NN=Cc1ccc(O)cc1)c1ccc(=O)[nH]n1. The third-order valence-electron chi connectivity index (χ3n) is 2.18. The number of aromatic amines is 1. The lowest BCUT2D eigenvalue weighted by Crippen LogP contribution is -2.21. The van der Waals surface area contributed by atoms with Gasteiger partial charge in [-0.25, -0.2) is 10.5 Å². The summed E-state index contributed by atoms with van der Waals surface area (Å²) < 4.78 is 0.